The van der Waals surface area contributed by atoms with E-state index in [1.54, 1.807) is 0 Å². The number of carbonyl (C=O) groups excluding carboxylic acids is 1. The van der Waals surface area contributed by atoms with Crippen molar-refractivity contribution in [2.24, 2.45) is 5.92 Å². The van der Waals surface area contributed by atoms with Crippen molar-refractivity contribution in [1.29, 1.82) is 0 Å². The van der Waals surface area contributed by atoms with E-state index in [1.165, 1.54) is 180 Å². The molecular formula is C34H67O. The summed E-state index contributed by atoms with van der Waals surface area (Å²) in [4.78, 5) is 11.3. The number of hydrogen-bond donors (Lipinski definition) is 0. The molecule has 0 aliphatic rings. The summed E-state index contributed by atoms with van der Waals surface area (Å²) in [6, 6.07) is 0. The molecule has 0 saturated carbocycles. The quantitative estimate of drug-likeness (QED) is 0.0881. The van der Waals surface area contributed by atoms with Crippen molar-refractivity contribution in [2.75, 3.05) is 0 Å². The Morgan fingerprint density at radius 2 is 0.543 bits per heavy atom. The molecular weight excluding hydrogens is 424 g/mol. The molecule has 0 fully saturated rings. The van der Waals surface area contributed by atoms with Crippen LogP contribution in [-0.4, -0.2) is 6.29 Å². The first kappa shape index (κ1) is 34.7. The lowest BCUT2D eigenvalue weighted by Crippen LogP contribution is -2.02. The van der Waals surface area contributed by atoms with Gasteiger partial charge in [0.05, 0.1) is 0 Å². The zero-order chi connectivity index (χ0) is 25.5. The van der Waals surface area contributed by atoms with Crippen LogP contribution in [0, 0.1) is 5.92 Å². The van der Waals surface area contributed by atoms with Crippen molar-refractivity contribution >= 4 is 6.29 Å². The minimum Gasteiger partial charge on any atom is -0.291 e. The SMILES string of the molecule is CCCCCCCCCCCCCCCCC([C]=O)CCCCCCCCCCCCCCCC. The summed E-state index contributed by atoms with van der Waals surface area (Å²) in [6.45, 7) is 4.58. The first-order chi connectivity index (χ1) is 17.3. The fourth-order valence-electron chi connectivity index (χ4n) is 5.43. The monoisotopic (exact) mass is 492 g/mol. The van der Waals surface area contributed by atoms with Gasteiger partial charge in [0, 0.05) is 5.92 Å². The smallest absolute Gasteiger partial charge is 0.201 e. The Labute approximate surface area is 223 Å². The molecule has 0 aromatic carbocycles. The first-order valence-corrected chi connectivity index (χ1v) is 16.7. The maximum Gasteiger partial charge on any atom is 0.201 e. The van der Waals surface area contributed by atoms with Crippen LogP contribution in [-0.2, 0) is 4.79 Å². The van der Waals surface area contributed by atoms with Gasteiger partial charge in [-0.3, -0.25) is 4.79 Å². The van der Waals surface area contributed by atoms with E-state index in [-0.39, 0.29) is 5.92 Å². The van der Waals surface area contributed by atoms with E-state index in [0.717, 1.165) is 12.8 Å². The second-order valence-corrected chi connectivity index (χ2v) is 11.6. The Morgan fingerprint density at radius 1 is 0.343 bits per heavy atom. The number of rotatable bonds is 31. The maximum absolute atomic E-state index is 11.3. The Morgan fingerprint density at radius 3 is 0.743 bits per heavy atom. The van der Waals surface area contributed by atoms with Crippen molar-refractivity contribution in [3.05, 3.63) is 0 Å². The lowest BCUT2D eigenvalue weighted by atomic mass is 9.95. The Kier molecular flexibility index (Phi) is 31.4. The molecule has 0 unspecified atom stereocenters. The largest absolute Gasteiger partial charge is 0.291 e. The zero-order valence-electron chi connectivity index (χ0n) is 24.7. The summed E-state index contributed by atoms with van der Waals surface area (Å²) in [5.74, 6) is 0.213. The van der Waals surface area contributed by atoms with Gasteiger partial charge in [-0.05, 0) is 12.8 Å². The van der Waals surface area contributed by atoms with Crippen LogP contribution in [0.4, 0.5) is 0 Å². The molecule has 1 radical (unpaired) electrons. The third-order valence-corrected chi connectivity index (χ3v) is 7.98. The van der Waals surface area contributed by atoms with Crippen molar-refractivity contribution in [1.82, 2.24) is 0 Å². The molecule has 0 N–H and O–H groups in total. The van der Waals surface area contributed by atoms with Crippen LogP contribution < -0.4 is 0 Å². The predicted molar refractivity (Wildman–Crippen MR) is 159 cm³/mol. The van der Waals surface area contributed by atoms with E-state index in [4.69, 9.17) is 0 Å². The predicted octanol–water partition coefficient (Wildman–Crippen LogP) is 12.5. The Balaban J connectivity index is 3.26. The van der Waals surface area contributed by atoms with Crippen LogP contribution in [0.15, 0.2) is 0 Å². The highest BCUT2D eigenvalue weighted by Crippen LogP contribution is 2.19. The van der Waals surface area contributed by atoms with Crippen LogP contribution in [0.2, 0.25) is 0 Å². The molecule has 0 bridgehead atoms. The second-order valence-electron chi connectivity index (χ2n) is 11.6. The summed E-state index contributed by atoms with van der Waals surface area (Å²) in [5, 5.41) is 0. The van der Waals surface area contributed by atoms with E-state index >= 15 is 0 Å². The van der Waals surface area contributed by atoms with Crippen molar-refractivity contribution in [3.63, 3.8) is 0 Å². The Hall–Kier alpha value is -0.330. The van der Waals surface area contributed by atoms with E-state index in [9.17, 15) is 4.79 Å². The van der Waals surface area contributed by atoms with Gasteiger partial charge in [-0.25, -0.2) is 0 Å². The molecule has 0 saturated heterocycles. The third kappa shape index (κ3) is 29.8. The van der Waals surface area contributed by atoms with Gasteiger partial charge >= 0.3 is 0 Å². The highest BCUT2D eigenvalue weighted by Gasteiger charge is 2.08. The van der Waals surface area contributed by atoms with Gasteiger partial charge in [0.25, 0.3) is 0 Å². The molecule has 0 aromatic rings. The summed E-state index contributed by atoms with van der Waals surface area (Å²) in [7, 11) is 0. The topological polar surface area (TPSA) is 17.1 Å². The zero-order valence-corrected chi connectivity index (χ0v) is 24.7. The van der Waals surface area contributed by atoms with Crippen LogP contribution in [0.5, 0.6) is 0 Å². The molecule has 1 heteroatoms. The molecule has 209 valence electrons. The summed E-state index contributed by atoms with van der Waals surface area (Å²) < 4.78 is 0. The van der Waals surface area contributed by atoms with E-state index in [0.29, 0.717) is 0 Å². The molecule has 0 heterocycles. The van der Waals surface area contributed by atoms with E-state index < -0.39 is 0 Å². The van der Waals surface area contributed by atoms with Gasteiger partial charge in [0.2, 0.25) is 6.29 Å². The standard InChI is InChI=1S/C34H67O/c1-3-5-7-9-11-13-15-17-19-21-23-25-27-29-31-34(33-35)32-30-28-26-24-22-20-18-16-14-12-10-8-6-4-2/h34H,3-32H2,1-2H3. The summed E-state index contributed by atoms with van der Waals surface area (Å²) >= 11 is 0. The molecule has 0 rings (SSSR count). The van der Waals surface area contributed by atoms with Gasteiger partial charge in [-0.1, -0.05) is 194 Å². The van der Waals surface area contributed by atoms with Gasteiger partial charge < -0.3 is 0 Å². The minimum atomic E-state index is 0.213. The second kappa shape index (κ2) is 31.7. The molecule has 0 amide bonds. The van der Waals surface area contributed by atoms with Crippen LogP contribution in [0.1, 0.15) is 206 Å². The highest BCUT2D eigenvalue weighted by molar-refractivity contribution is 5.54. The third-order valence-electron chi connectivity index (χ3n) is 7.98. The minimum absolute atomic E-state index is 0.213. The summed E-state index contributed by atoms with van der Waals surface area (Å²) in [6.07, 6.45) is 43.7. The number of unbranched alkanes of at least 4 members (excludes halogenated alkanes) is 26. The average molecular weight is 492 g/mol. The normalized spacial score (nSPS) is 11.5. The molecule has 35 heavy (non-hydrogen) atoms. The first-order valence-electron chi connectivity index (χ1n) is 16.7. The van der Waals surface area contributed by atoms with Gasteiger partial charge in [0.15, 0.2) is 0 Å². The molecule has 0 spiro atoms. The highest BCUT2D eigenvalue weighted by atomic mass is 16.1. The molecule has 0 atom stereocenters. The molecule has 0 aliphatic carbocycles. The van der Waals surface area contributed by atoms with Crippen molar-refractivity contribution in [2.45, 2.75) is 206 Å². The maximum atomic E-state index is 11.3. The number of hydrogen-bond acceptors (Lipinski definition) is 1. The molecule has 0 aliphatic heterocycles. The van der Waals surface area contributed by atoms with Crippen molar-refractivity contribution < 1.29 is 4.79 Å². The molecule has 0 aromatic heterocycles. The summed E-state index contributed by atoms with van der Waals surface area (Å²) in [5.41, 5.74) is 0. The van der Waals surface area contributed by atoms with Gasteiger partial charge in [-0.2, -0.15) is 0 Å². The lowest BCUT2D eigenvalue weighted by molar-refractivity contribution is 0.448. The van der Waals surface area contributed by atoms with Gasteiger partial charge in [-0.15, -0.1) is 0 Å². The molecule has 1 nitrogen and oxygen atoms in total. The average Bonchev–Trinajstić information content (AvgIpc) is 2.87. The van der Waals surface area contributed by atoms with E-state index in [1.807, 2.05) is 0 Å². The van der Waals surface area contributed by atoms with Gasteiger partial charge in [0.1, 0.15) is 0 Å². The Bertz CT molecular complexity index is 345. The lowest BCUT2D eigenvalue weighted by Gasteiger charge is -2.09. The van der Waals surface area contributed by atoms with Crippen molar-refractivity contribution in [3.8, 4) is 0 Å². The van der Waals surface area contributed by atoms with Crippen LogP contribution in [0.3, 0.4) is 0 Å². The van der Waals surface area contributed by atoms with Crippen LogP contribution >= 0.6 is 0 Å². The van der Waals surface area contributed by atoms with Crippen LogP contribution in [0.25, 0.3) is 0 Å². The van der Waals surface area contributed by atoms with E-state index in [2.05, 4.69) is 20.1 Å². The fraction of sp³-hybridized carbons (Fsp3) is 0.971. The fourth-order valence-corrected chi connectivity index (χ4v) is 5.43.